The van der Waals surface area contributed by atoms with Crippen molar-refractivity contribution in [1.82, 2.24) is 10.2 Å². The Morgan fingerprint density at radius 3 is 2.67 bits per heavy atom. The Bertz CT molecular complexity index is 587. The fraction of sp³-hybridized carbons (Fsp3) is 0.529. The lowest BCUT2D eigenvalue weighted by molar-refractivity contribution is -0.132. The molecule has 5 nitrogen and oxygen atoms in total. The fourth-order valence-corrected chi connectivity index (χ4v) is 3.08. The van der Waals surface area contributed by atoms with Gasteiger partial charge in [-0.25, -0.2) is 0 Å². The van der Waals surface area contributed by atoms with E-state index in [2.05, 4.69) is 5.32 Å². The van der Waals surface area contributed by atoms with E-state index in [1.165, 1.54) is 7.11 Å². The maximum Gasteiger partial charge on any atom is 0.255 e. The molecule has 0 spiro atoms. The van der Waals surface area contributed by atoms with Gasteiger partial charge in [-0.1, -0.05) is 11.6 Å². The molecule has 1 aromatic carbocycles. The van der Waals surface area contributed by atoms with Crippen LogP contribution in [0.25, 0.3) is 0 Å². The summed E-state index contributed by atoms with van der Waals surface area (Å²) in [4.78, 5) is 26.3. The number of alkyl halides is 1. The summed E-state index contributed by atoms with van der Waals surface area (Å²) in [5.41, 5.74) is 0.422. The van der Waals surface area contributed by atoms with Crippen LogP contribution in [0.5, 0.6) is 5.75 Å². The van der Waals surface area contributed by atoms with Crippen LogP contribution in [0.4, 0.5) is 0 Å². The summed E-state index contributed by atoms with van der Waals surface area (Å²) in [5.74, 6) is 0.920. The van der Waals surface area contributed by atoms with Crippen molar-refractivity contribution in [2.75, 3.05) is 26.1 Å². The number of methoxy groups -OCH3 is 1. The van der Waals surface area contributed by atoms with E-state index in [9.17, 15) is 9.59 Å². The Morgan fingerprint density at radius 2 is 2.04 bits per heavy atom. The van der Waals surface area contributed by atoms with E-state index in [-0.39, 0.29) is 17.9 Å². The van der Waals surface area contributed by atoms with E-state index in [0.29, 0.717) is 48.1 Å². The maximum atomic E-state index is 12.5. The molecular weight excluding hydrogens is 351 g/mol. The number of hydrogen-bond donors (Lipinski definition) is 1. The molecule has 132 valence electrons. The highest BCUT2D eigenvalue weighted by Crippen LogP contribution is 2.23. The minimum Gasteiger partial charge on any atom is -0.496 e. The van der Waals surface area contributed by atoms with Gasteiger partial charge in [0.25, 0.3) is 5.91 Å². The minimum absolute atomic E-state index is 0.0401. The second kappa shape index (κ2) is 9.14. The lowest BCUT2D eigenvalue weighted by Crippen LogP contribution is -2.46. The van der Waals surface area contributed by atoms with Gasteiger partial charge in [-0.15, -0.1) is 11.6 Å². The lowest BCUT2D eigenvalue weighted by atomic mass is 10.0. The molecule has 2 rings (SSSR count). The highest BCUT2D eigenvalue weighted by Gasteiger charge is 2.24. The number of hydrogen-bond acceptors (Lipinski definition) is 3. The van der Waals surface area contributed by atoms with E-state index in [1.807, 2.05) is 4.90 Å². The first-order chi connectivity index (χ1) is 11.5. The van der Waals surface area contributed by atoms with Gasteiger partial charge in [0.05, 0.1) is 12.7 Å². The monoisotopic (exact) mass is 372 g/mol. The molecule has 1 heterocycles. The molecule has 0 bridgehead atoms. The molecular formula is C17H22Cl2N2O3. The molecule has 1 N–H and O–H groups in total. The summed E-state index contributed by atoms with van der Waals surface area (Å²) < 4.78 is 5.21. The second-order valence-electron chi connectivity index (χ2n) is 5.77. The summed E-state index contributed by atoms with van der Waals surface area (Å²) in [6, 6.07) is 5.00. The molecule has 0 saturated carbocycles. The van der Waals surface area contributed by atoms with Gasteiger partial charge in [0.1, 0.15) is 5.75 Å². The highest BCUT2D eigenvalue weighted by molar-refractivity contribution is 6.31. The van der Waals surface area contributed by atoms with E-state index in [1.54, 1.807) is 18.2 Å². The number of benzene rings is 1. The average Bonchev–Trinajstić information content (AvgIpc) is 2.60. The summed E-state index contributed by atoms with van der Waals surface area (Å²) in [7, 11) is 1.52. The Hall–Kier alpha value is -1.46. The van der Waals surface area contributed by atoms with Gasteiger partial charge >= 0.3 is 0 Å². The maximum absolute atomic E-state index is 12.5. The largest absolute Gasteiger partial charge is 0.496 e. The number of halogens is 2. The number of ether oxygens (including phenoxy) is 1. The fourth-order valence-electron chi connectivity index (χ4n) is 2.77. The number of nitrogens with one attached hydrogen (secondary N) is 1. The van der Waals surface area contributed by atoms with Crippen molar-refractivity contribution in [1.29, 1.82) is 0 Å². The van der Waals surface area contributed by atoms with Crippen molar-refractivity contribution in [3.8, 4) is 5.75 Å². The van der Waals surface area contributed by atoms with Crippen LogP contribution in [0.1, 0.15) is 36.0 Å². The van der Waals surface area contributed by atoms with Crippen LogP contribution >= 0.6 is 23.2 Å². The van der Waals surface area contributed by atoms with Crippen LogP contribution in [0.2, 0.25) is 5.02 Å². The standard InChI is InChI=1S/C17H22Cl2N2O3/c1-24-15-5-4-12(19)11-14(15)17(23)20-13-6-9-21(10-7-13)16(22)3-2-8-18/h4-5,11,13H,2-3,6-10H2,1H3,(H,20,23). The van der Waals surface area contributed by atoms with Gasteiger partial charge in [0, 0.05) is 36.5 Å². The number of piperidine rings is 1. The van der Waals surface area contributed by atoms with E-state index >= 15 is 0 Å². The lowest BCUT2D eigenvalue weighted by Gasteiger charge is -2.32. The van der Waals surface area contributed by atoms with E-state index < -0.39 is 0 Å². The normalized spacial score (nSPS) is 15.2. The molecule has 24 heavy (non-hydrogen) atoms. The minimum atomic E-state index is -0.207. The molecule has 1 fully saturated rings. The van der Waals surface area contributed by atoms with Gasteiger partial charge in [0.2, 0.25) is 5.91 Å². The molecule has 1 saturated heterocycles. The first-order valence-electron chi connectivity index (χ1n) is 8.03. The van der Waals surface area contributed by atoms with Crippen molar-refractivity contribution in [2.45, 2.75) is 31.7 Å². The molecule has 0 aliphatic carbocycles. The van der Waals surface area contributed by atoms with Gasteiger partial charge in [0.15, 0.2) is 0 Å². The van der Waals surface area contributed by atoms with Crippen LogP contribution in [0.3, 0.4) is 0 Å². The van der Waals surface area contributed by atoms with Crippen molar-refractivity contribution in [3.63, 3.8) is 0 Å². The molecule has 0 radical (unpaired) electrons. The molecule has 0 aromatic heterocycles. The quantitative estimate of drug-likeness (QED) is 0.780. The molecule has 1 aliphatic rings. The summed E-state index contributed by atoms with van der Waals surface area (Å²) in [6.07, 6.45) is 2.66. The van der Waals surface area contributed by atoms with Crippen molar-refractivity contribution < 1.29 is 14.3 Å². The van der Waals surface area contributed by atoms with Gasteiger partial charge in [-0.05, 0) is 37.5 Å². The first kappa shape index (κ1) is 18.9. The smallest absolute Gasteiger partial charge is 0.255 e. The summed E-state index contributed by atoms with van der Waals surface area (Å²) in [6.45, 7) is 1.30. The van der Waals surface area contributed by atoms with Crippen molar-refractivity contribution in [3.05, 3.63) is 28.8 Å². The van der Waals surface area contributed by atoms with Crippen LogP contribution in [-0.4, -0.2) is 48.8 Å². The van der Waals surface area contributed by atoms with Gasteiger partial charge < -0.3 is 15.0 Å². The SMILES string of the molecule is COc1ccc(Cl)cc1C(=O)NC1CCN(C(=O)CCCCl)CC1. The molecule has 1 aromatic rings. The van der Waals surface area contributed by atoms with Gasteiger partial charge in [-0.3, -0.25) is 9.59 Å². The highest BCUT2D eigenvalue weighted by atomic mass is 35.5. The Morgan fingerprint density at radius 1 is 1.33 bits per heavy atom. The zero-order valence-corrected chi connectivity index (χ0v) is 15.2. The van der Waals surface area contributed by atoms with Gasteiger partial charge in [-0.2, -0.15) is 0 Å². The predicted molar refractivity (Wildman–Crippen MR) is 95.0 cm³/mol. The number of carbonyl (C=O) groups is 2. The third-order valence-corrected chi connectivity index (χ3v) is 4.62. The first-order valence-corrected chi connectivity index (χ1v) is 8.94. The predicted octanol–water partition coefficient (Wildman–Crippen LogP) is 3.09. The molecule has 7 heteroatoms. The van der Waals surface area contributed by atoms with Crippen molar-refractivity contribution >= 4 is 35.0 Å². The molecule has 2 amide bonds. The number of likely N-dealkylation sites (tertiary alicyclic amines) is 1. The summed E-state index contributed by atoms with van der Waals surface area (Å²) >= 11 is 11.6. The Balaban J connectivity index is 1.89. The zero-order chi connectivity index (χ0) is 17.5. The molecule has 0 atom stereocenters. The van der Waals surface area contributed by atoms with Crippen LogP contribution in [-0.2, 0) is 4.79 Å². The molecule has 1 aliphatic heterocycles. The third kappa shape index (κ3) is 5.02. The molecule has 0 unspecified atom stereocenters. The average molecular weight is 373 g/mol. The van der Waals surface area contributed by atoms with Crippen LogP contribution < -0.4 is 10.1 Å². The summed E-state index contributed by atoms with van der Waals surface area (Å²) in [5, 5.41) is 3.49. The third-order valence-electron chi connectivity index (χ3n) is 4.11. The Kier molecular flexibility index (Phi) is 7.18. The number of carbonyl (C=O) groups excluding carboxylic acids is 2. The van der Waals surface area contributed by atoms with Crippen LogP contribution in [0, 0.1) is 0 Å². The zero-order valence-electron chi connectivity index (χ0n) is 13.7. The van der Waals surface area contributed by atoms with E-state index in [4.69, 9.17) is 27.9 Å². The van der Waals surface area contributed by atoms with Crippen molar-refractivity contribution in [2.24, 2.45) is 0 Å². The van der Waals surface area contributed by atoms with Crippen LogP contribution in [0.15, 0.2) is 18.2 Å². The Labute approximate surface area is 152 Å². The van der Waals surface area contributed by atoms with E-state index in [0.717, 1.165) is 12.8 Å². The number of nitrogens with zero attached hydrogens (tertiary/aromatic N) is 1. The number of rotatable bonds is 6. The number of amides is 2. The second-order valence-corrected chi connectivity index (χ2v) is 6.58. The topological polar surface area (TPSA) is 58.6 Å².